The first-order valence-corrected chi connectivity index (χ1v) is 12.4. The zero-order valence-corrected chi connectivity index (χ0v) is 20.9. The Hall–Kier alpha value is -1.97. The second-order valence-corrected chi connectivity index (χ2v) is 11.1. The van der Waals surface area contributed by atoms with Crippen molar-refractivity contribution >= 4 is 39.3 Å². The molecule has 4 rings (SSSR count). The van der Waals surface area contributed by atoms with Gasteiger partial charge in [0.25, 0.3) is 0 Å². The van der Waals surface area contributed by atoms with Crippen molar-refractivity contribution in [2.75, 3.05) is 11.9 Å². The molecule has 3 aliphatic heterocycles. The van der Waals surface area contributed by atoms with Gasteiger partial charge < -0.3 is 25.4 Å². The van der Waals surface area contributed by atoms with Gasteiger partial charge in [0.2, 0.25) is 17.7 Å². The van der Waals surface area contributed by atoms with Crippen molar-refractivity contribution in [1.29, 1.82) is 0 Å². The van der Waals surface area contributed by atoms with Crippen LogP contribution in [-0.2, 0) is 19.1 Å². The van der Waals surface area contributed by atoms with Crippen LogP contribution in [-0.4, -0.2) is 69.0 Å². The molecular weight excluding hydrogens is 490 g/mol. The molecule has 0 aliphatic carbocycles. The predicted molar refractivity (Wildman–Crippen MR) is 127 cm³/mol. The smallest absolute Gasteiger partial charge is 0.246 e. The summed E-state index contributed by atoms with van der Waals surface area (Å²) in [5.74, 6) is -2.55. The molecule has 9 heteroatoms. The van der Waals surface area contributed by atoms with Crippen molar-refractivity contribution in [3.05, 3.63) is 30.3 Å². The lowest BCUT2D eigenvalue weighted by molar-refractivity contribution is -0.146. The van der Waals surface area contributed by atoms with Crippen LogP contribution < -0.4 is 10.6 Å². The van der Waals surface area contributed by atoms with E-state index in [1.165, 1.54) is 4.90 Å². The van der Waals surface area contributed by atoms with Gasteiger partial charge in [-0.2, -0.15) is 0 Å². The molecule has 2 bridgehead atoms. The highest BCUT2D eigenvalue weighted by atomic mass is 79.9. The number of fused-ring (bicyclic) bond motifs is 1. The lowest BCUT2D eigenvalue weighted by Gasteiger charge is -2.38. The summed E-state index contributed by atoms with van der Waals surface area (Å²) in [5, 5.41) is 16.0. The fourth-order valence-corrected chi connectivity index (χ4v) is 6.70. The molecule has 1 aromatic carbocycles. The molecule has 0 saturated carbocycles. The van der Waals surface area contributed by atoms with Gasteiger partial charge in [0.1, 0.15) is 11.6 Å². The molecule has 180 valence electrons. The Morgan fingerprint density at radius 2 is 1.88 bits per heavy atom. The molecule has 3 unspecified atom stereocenters. The summed E-state index contributed by atoms with van der Waals surface area (Å²) in [6, 6.07) is 7.47. The van der Waals surface area contributed by atoms with Crippen molar-refractivity contribution < 1.29 is 24.2 Å². The summed E-state index contributed by atoms with van der Waals surface area (Å²) in [6.07, 6.45) is -0.0858. The van der Waals surface area contributed by atoms with E-state index >= 15 is 0 Å². The molecule has 3 fully saturated rings. The number of anilines is 1. The van der Waals surface area contributed by atoms with Crippen molar-refractivity contribution in [2.45, 2.75) is 68.8 Å². The number of para-hydroxylation sites is 1. The minimum atomic E-state index is -1.13. The maximum Gasteiger partial charge on any atom is 0.246 e. The van der Waals surface area contributed by atoms with Gasteiger partial charge in [-0.1, -0.05) is 48.0 Å². The fourth-order valence-electron chi connectivity index (χ4n) is 5.75. The topological polar surface area (TPSA) is 108 Å². The lowest BCUT2D eigenvalue weighted by atomic mass is 9.70. The van der Waals surface area contributed by atoms with Gasteiger partial charge in [-0.15, -0.1) is 0 Å². The Labute approximate surface area is 202 Å². The molecule has 33 heavy (non-hydrogen) atoms. The number of nitrogens with zero attached hydrogens (tertiary/aromatic N) is 1. The van der Waals surface area contributed by atoms with Crippen LogP contribution in [0.25, 0.3) is 0 Å². The van der Waals surface area contributed by atoms with E-state index in [1.54, 1.807) is 12.1 Å². The van der Waals surface area contributed by atoms with Gasteiger partial charge in [-0.3, -0.25) is 14.4 Å². The molecule has 8 nitrogen and oxygen atoms in total. The first-order chi connectivity index (χ1) is 15.6. The van der Waals surface area contributed by atoms with Gasteiger partial charge in [-0.05, 0) is 38.3 Å². The second-order valence-electron chi connectivity index (χ2n) is 9.92. The molecule has 7 atom stereocenters. The van der Waals surface area contributed by atoms with Crippen LogP contribution in [0.1, 0.15) is 34.1 Å². The van der Waals surface area contributed by atoms with E-state index in [9.17, 15) is 19.5 Å². The standard InChI is InChI=1S/C24H32BrN3O5/c1-12(2)16(11-29)28-20(22(31)26-13(3)4)24-10-15(25)19(33-24)17(18(24)23(28)32)21(30)27-14-8-6-5-7-9-14/h5-9,12-13,15-20,29H,10-11H2,1-4H3,(H,26,31)(H,27,30)/t15?,16-,17-,18-,19-,20?,24?/m0/s1. The van der Waals surface area contributed by atoms with Crippen molar-refractivity contribution in [2.24, 2.45) is 17.8 Å². The Morgan fingerprint density at radius 3 is 2.45 bits per heavy atom. The normalized spacial score (nSPS) is 33.5. The van der Waals surface area contributed by atoms with Crippen molar-refractivity contribution in [3.8, 4) is 0 Å². The van der Waals surface area contributed by atoms with Crippen LogP contribution >= 0.6 is 15.9 Å². The number of nitrogens with one attached hydrogen (secondary N) is 2. The Balaban J connectivity index is 1.75. The van der Waals surface area contributed by atoms with Crippen molar-refractivity contribution in [3.63, 3.8) is 0 Å². The molecule has 3 amide bonds. The van der Waals surface area contributed by atoms with E-state index in [0.29, 0.717) is 12.1 Å². The summed E-state index contributed by atoms with van der Waals surface area (Å²) in [4.78, 5) is 42.1. The molecule has 3 saturated heterocycles. The van der Waals surface area contributed by atoms with Crippen LogP contribution in [0.15, 0.2) is 30.3 Å². The summed E-state index contributed by atoms with van der Waals surface area (Å²) < 4.78 is 6.45. The molecule has 3 heterocycles. The van der Waals surface area contributed by atoms with Crippen molar-refractivity contribution in [1.82, 2.24) is 10.2 Å². The summed E-state index contributed by atoms with van der Waals surface area (Å²) in [6.45, 7) is 7.25. The number of carbonyl (C=O) groups is 3. The molecule has 0 aromatic heterocycles. The highest BCUT2D eigenvalue weighted by Gasteiger charge is 2.77. The van der Waals surface area contributed by atoms with E-state index < -0.39 is 35.6 Å². The summed E-state index contributed by atoms with van der Waals surface area (Å²) in [5.41, 5.74) is -0.493. The maximum absolute atomic E-state index is 13.9. The summed E-state index contributed by atoms with van der Waals surface area (Å²) >= 11 is 3.66. The Kier molecular flexibility index (Phi) is 6.59. The fraction of sp³-hybridized carbons (Fsp3) is 0.625. The van der Waals surface area contributed by atoms with E-state index in [4.69, 9.17) is 4.74 Å². The number of aliphatic hydroxyl groups is 1. The van der Waals surface area contributed by atoms with Gasteiger partial charge in [-0.25, -0.2) is 0 Å². The number of benzene rings is 1. The van der Waals surface area contributed by atoms with Crippen LogP contribution in [0.5, 0.6) is 0 Å². The van der Waals surface area contributed by atoms with E-state index in [0.717, 1.165) is 0 Å². The lowest BCUT2D eigenvalue weighted by Crippen LogP contribution is -2.59. The SMILES string of the molecule is CC(C)NC(=O)C1N([C@@H](CO)C(C)C)C(=O)[C@@H]2[C@H](C(=O)Nc3ccccc3)[C@H]3OC12CC3Br. The highest BCUT2D eigenvalue weighted by molar-refractivity contribution is 9.09. The molecule has 1 aromatic rings. The number of hydrogen-bond donors (Lipinski definition) is 3. The van der Waals surface area contributed by atoms with E-state index in [-0.39, 0.29) is 41.1 Å². The number of amides is 3. The average Bonchev–Trinajstić information content (AvgIpc) is 3.32. The number of halogens is 1. The predicted octanol–water partition coefficient (Wildman–Crippen LogP) is 1.91. The highest BCUT2D eigenvalue weighted by Crippen LogP contribution is 2.60. The van der Waals surface area contributed by atoms with Crippen LogP contribution in [0.4, 0.5) is 5.69 Å². The Bertz CT molecular complexity index is 926. The number of aliphatic hydroxyl groups excluding tert-OH is 1. The monoisotopic (exact) mass is 521 g/mol. The zero-order valence-electron chi connectivity index (χ0n) is 19.3. The average molecular weight is 522 g/mol. The largest absolute Gasteiger partial charge is 0.394 e. The quantitative estimate of drug-likeness (QED) is 0.475. The Morgan fingerprint density at radius 1 is 1.21 bits per heavy atom. The van der Waals surface area contributed by atoms with Crippen LogP contribution in [0.3, 0.4) is 0 Å². The van der Waals surface area contributed by atoms with E-state index in [1.807, 2.05) is 45.9 Å². The minimum Gasteiger partial charge on any atom is -0.394 e. The van der Waals surface area contributed by atoms with Gasteiger partial charge >= 0.3 is 0 Å². The third-order valence-corrected chi connectivity index (χ3v) is 7.91. The summed E-state index contributed by atoms with van der Waals surface area (Å²) in [7, 11) is 0. The molecule has 0 radical (unpaired) electrons. The van der Waals surface area contributed by atoms with Crippen LogP contribution in [0, 0.1) is 17.8 Å². The number of ether oxygens (including phenoxy) is 1. The third-order valence-electron chi connectivity index (χ3n) is 7.06. The van der Waals surface area contributed by atoms with Crippen LogP contribution in [0.2, 0.25) is 0 Å². The number of hydrogen-bond acceptors (Lipinski definition) is 5. The first-order valence-electron chi connectivity index (χ1n) is 11.5. The second kappa shape index (κ2) is 9.00. The first kappa shape index (κ1) is 24.2. The maximum atomic E-state index is 13.9. The molecule has 3 aliphatic rings. The minimum absolute atomic E-state index is 0.0860. The van der Waals surface area contributed by atoms with E-state index in [2.05, 4.69) is 26.6 Å². The third kappa shape index (κ3) is 3.88. The molecular formula is C24H32BrN3O5. The molecule has 3 N–H and O–H groups in total. The van der Waals surface area contributed by atoms with Gasteiger partial charge in [0, 0.05) is 16.6 Å². The number of alkyl halides is 1. The number of likely N-dealkylation sites (tertiary alicyclic amines) is 1. The van der Waals surface area contributed by atoms with Gasteiger partial charge in [0.05, 0.1) is 30.6 Å². The number of rotatable bonds is 7. The molecule has 1 spiro atoms. The van der Waals surface area contributed by atoms with Gasteiger partial charge in [0.15, 0.2) is 0 Å². The zero-order chi connectivity index (χ0) is 24.1. The number of carbonyl (C=O) groups excluding carboxylic acids is 3.